The minimum atomic E-state index is -0.165. The Morgan fingerprint density at radius 1 is 0.963 bits per heavy atom. The number of rotatable bonds is 7. The van der Waals surface area contributed by atoms with Gasteiger partial charge in [-0.3, -0.25) is 9.59 Å². The van der Waals surface area contributed by atoms with E-state index in [0.29, 0.717) is 22.8 Å². The molecule has 0 aromatic heterocycles. The van der Waals surface area contributed by atoms with Crippen molar-refractivity contribution in [3.05, 3.63) is 52.0 Å². The van der Waals surface area contributed by atoms with Crippen LogP contribution < -0.4 is 16.0 Å². The monoisotopic (exact) mass is 387 g/mol. The fraction of sp³-hybridized carbons (Fsp3) is 0.333. The number of carbonyl (C=O) groups is 2. The van der Waals surface area contributed by atoms with Crippen molar-refractivity contribution in [2.24, 2.45) is 0 Å². The zero-order valence-electron chi connectivity index (χ0n) is 16.2. The molecule has 2 rings (SSSR count). The molecule has 144 valence electrons. The Kier molecular flexibility index (Phi) is 7.25. The van der Waals surface area contributed by atoms with Crippen molar-refractivity contribution in [2.75, 3.05) is 22.5 Å². The van der Waals surface area contributed by atoms with E-state index < -0.39 is 0 Å². The molecule has 6 heteroatoms. The van der Waals surface area contributed by atoms with E-state index in [2.05, 4.69) is 16.0 Å². The third kappa shape index (κ3) is 6.00. The first-order chi connectivity index (χ1) is 12.8. The summed E-state index contributed by atoms with van der Waals surface area (Å²) < 4.78 is 0. The summed E-state index contributed by atoms with van der Waals surface area (Å²) in [5, 5.41) is 9.28. The maximum Gasteiger partial charge on any atom is 0.243 e. The van der Waals surface area contributed by atoms with Crippen LogP contribution in [0.25, 0.3) is 0 Å². The molecule has 0 aliphatic carbocycles. The second-order valence-electron chi connectivity index (χ2n) is 6.67. The molecule has 0 heterocycles. The standard InChI is InChI=1S/C21H26ClN3O2/c1-5-6-19(26)24-16-7-8-17(22)18(11-16)23-12-20(27)25-21-14(3)9-13(2)10-15(21)4/h7-11,23H,5-6,12H2,1-4H3,(H,24,26)(H,25,27). The van der Waals surface area contributed by atoms with Crippen LogP contribution in [0.2, 0.25) is 5.02 Å². The highest BCUT2D eigenvalue weighted by atomic mass is 35.5. The number of carbonyl (C=O) groups excluding carboxylic acids is 2. The van der Waals surface area contributed by atoms with E-state index in [-0.39, 0.29) is 18.4 Å². The lowest BCUT2D eigenvalue weighted by molar-refractivity contribution is -0.116. The van der Waals surface area contributed by atoms with Gasteiger partial charge in [0.2, 0.25) is 11.8 Å². The van der Waals surface area contributed by atoms with E-state index in [1.807, 2.05) is 39.8 Å². The highest BCUT2D eigenvalue weighted by Crippen LogP contribution is 2.26. The zero-order chi connectivity index (χ0) is 20.0. The third-order valence-electron chi connectivity index (χ3n) is 4.11. The number of amides is 2. The lowest BCUT2D eigenvalue weighted by atomic mass is 10.1. The van der Waals surface area contributed by atoms with Gasteiger partial charge in [-0.1, -0.05) is 36.2 Å². The number of aryl methyl sites for hydroxylation is 3. The number of hydrogen-bond acceptors (Lipinski definition) is 3. The van der Waals surface area contributed by atoms with Crippen LogP contribution in [0.3, 0.4) is 0 Å². The molecule has 0 bridgehead atoms. The fourth-order valence-corrected chi connectivity index (χ4v) is 3.11. The molecule has 0 saturated carbocycles. The second-order valence-corrected chi connectivity index (χ2v) is 7.08. The summed E-state index contributed by atoms with van der Waals surface area (Å²) in [6.45, 7) is 8.00. The Labute approximate surface area is 165 Å². The molecule has 0 aliphatic heterocycles. The number of hydrogen-bond donors (Lipinski definition) is 3. The summed E-state index contributed by atoms with van der Waals surface area (Å²) >= 11 is 6.20. The van der Waals surface area contributed by atoms with E-state index in [0.717, 1.165) is 28.8 Å². The molecule has 5 nitrogen and oxygen atoms in total. The van der Waals surface area contributed by atoms with Crippen molar-refractivity contribution in [1.29, 1.82) is 0 Å². The highest BCUT2D eigenvalue weighted by molar-refractivity contribution is 6.33. The SMILES string of the molecule is CCCC(=O)Nc1ccc(Cl)c(NCC(=O)Nc2c(C)cc(C)cc2C)c1. The molecule has 0 atom stereocenters. The number of halogens is 1. The quantitative estimate of drug-likeness (QED) is 0.622. The average molecular weight is 388 g/mol. The van der Waals surface area contributed by atoms with Crippen molar-refractivity contribution in [1.82, 2.24) is 0 Å². The summed E-state index contributed by atoms with van der Waals surface area (Å²) in [5.74, 6) is -0.213. The predicted molar refractivity (Wildman–Crippen MR) is 113 cm³/mol. The van der Waals surface area contributed by atoms with Crippen LogP contribution in [0.1, 0.15) is 36.5 Å². The maximum atomic E-state index is 12.3. The molecular weight excluding hydrogens is 362 g/mol. The van der Waals surface area contributed by atoms with Crippen LogP contribution in [0, 0.1) is 20.8 Å². The van der Waals surface area contributed by atoms with Gasteiger partial charge in [-0.25, -0.2) is 0 Å². The lowest BCUT2D eigenvalue weighted by Crippen LogP contribution is -2.23. The van der Waals surface area contributed by atoms with E-state index in [4.69, 9.17) is 11.6 Å². The summed E-state index contributed by atoms with van der Waals surface area (Å²) in [6.07, 6.45) is 1.24. The minimum absolute atomic E-state index is 0.0474. The smallest absolute Gasteiger partial charge is 0.243 e. The average Bonchev–Trinajstić information content (AvgIpc) is 2.58. The van der Waals surface area contributed by atoms with Crippen LogP contribution in [0.4, 0.5) is 17.1 Å². The Bertz CT molecular complexity index is 826. The molecule has 2 aromatic rings. The van der Waals surface area contributed by atoms with Gasteiger partial charge < -0.3 is 16.0 Å². The number of nitrogens with one attached hydrogen (secondary N) is 3. The van der Waals surface area contributed by atoms with Crippen LogP contribution in [-0.4, -0.2) is 18.4 Å². The van der Waals surface area contributed by atoms with Crippen molar-refractivity contribution in [3.8, 4) is 0 Å². The van der Waals surface area contributed by atoms with E-state index >= 15 is 0 Å². The van der Waals surface area contributed by atoms with Gasteiger partial charge in [-0.05, 0) is 56.5 Å². The minimum Gasteiger partial charge on any atom is -0.375 e. The normalized spacial score (nSPS) is 10.4. The van der Waals surface area contributed by atoms with Crippen molar-refractivity contribution in [3.63, 3.8) is 0 Å². The van der Waals surface area contributed by atoms with Crippen LogP contribution in [0.5, 0.6) is 0 Å². The van der Waals surface area contributed by atoms with Gasteiger partial charge >= 0.3 is 0 Å². The number of anilines is 3. The maximum absolute atomic E-state index is 12.3. The van der Waals surface area contributed by atoms with E-state index in [9.17, 15) is 9.59 Å². The first-order valence-electron chi connectivity index (χ1n) is 9.01. The third-order valence-corrected chi connectivity index (χ3v) is 4.44. The fourth-order valence-electron chi connectivity index (χ4n) is 2.93. The Hall–Kier alpha value is -2.53. The molecule has 0 aliphatic rings. The van der Waals surface area contributed by atoms with Gasteiger partial charge in [0.15, 0.2) is 0 Å². The molecule has 27 heavy (non-hydrogen) atoms. The molecule has 2 aromatic carbocycles. The number of benzene rings is 2. The summed E-state index contributed by atoms with van der Waals surface area (Å²) in [4.78, 5) is 24.1. The van der Waals surface area contributed by atoms with Gasteiger partial charge in [0.25, 0.3) is 0 Å². The van der Waals surface area contributed by atoms with Crippen LogP contribution >= 0.6 is 11.6 Å². The Morgan fingerprint density at radius 3 is 2.26 bits per heavy atom. The van der Waals surface area contributed by atoms with Crippen molar-refractivity contribution >= 4 is 40.5 Å². The second kappa shape index (κ2) is 9.42. The Balaban J connectivity index is 2.01. The first kappa shape index (κ1) is 20.8. The van der Waals surface area contributed by atoms with Gasteiger partial charge in [-0.15, -0.1) is 0 Å². The van der Waals surface area contributed by atoms with Gasteiger partial charge in [0, 0.05) is 17.8 Å². The molecule has 3 N–H and O–H groups in total. The largest absolute Gasteiger partial charge is 0.375 e. The molecule has 0 fully saturated rings. The van der Waals surface area contributed by atoms with E-state index in [1.54, 1.807) is 18.2 Å². The van der Waals surface area contributed by atoms with Gasteiger partial charge in [0.1, 0.15) is 0 Å². The summed E-state index contributed by atoms with van der Waals surface area (Å²) in [6, 6.07) is 9.23. The molecule has 0 saturated heterocycles. The van der Waals surface area contributed by atoms with Crippen molar-refractivity contribution in [2.45, 2.75) is 40.5 Å². The molecule has 0 unspecified atom stereocenters. The zero-order valence-corrected chi connectivity index (χ0v) is 17.0. The lowest BCUT2D eigenvalue weighted by Gasteiger charge is -2.14. The predicted octanol–water partition coefficient (Wildman–Crippen LogP) is 5.05. The first-order valence-corrected chi connectivity index (χ1v) is 9.39. The van der Waals surface area contributed by atoms with Gasteiger partial charge in [0.05, 0.1) is 17.3 Å². The van der Waals surface area contributed by atoms with Crippen LogP contribution in [0.15, 0.2) is 30.3 Å². The topological polar surface area (TPSA) is 70.2 Å². The summed E-state index contributed by atoms with van der Waals surface area (Å²) in [7, 11) is 0. The van der Waals surface area contributed by atoms with Crippen molar-refractivity contribution < 1.29 is 9.59 Å². The summed E-state index contributed by atoms with van der Waals surface area (Å²) in [5.41, 5.74) is 5.29. The molecule has 0 spiro atoms. The van der Waals surface area contributed by atoms with Crippen LogP contribution in [-0.2, 0) is 9.59 Å². The molecule has 0 radical (unpaired) electrons. The Morgan fingerprint density at radius 2 is 1.63 bits per heavy atom. The molecular formula is C21H26ClN3O2. The highest BCUT2D eigenvalue weighted by Gasteiger charge is 2.10. The van der Waals surface area contributed by atoms with Gasteiger partial charge in [-0.2, -0.15) is 0 Å². The van der Waals surface area contributed by atoms with E-state index in [1.165, 1.54) is 0 Å². The molecule has 2 amide bonds.